The molecule has 2 rings (SSSR count). The number of hydrogen-bond donors (Lipinski definition) is 1. The van der Waals surface area contributed by atoms with Crippen LogP contribution in [0.3, 0.4) is 0 Å². The quantitative estimate of drug-likeness (QED) is 0.912. The van der Waals surface area contributed by atoms with E-state index >= 15 is 0 Å². The molecule has 0 aliphatic heterocycles. The van der Waals surface area contributed by atoms with E-state index in [4.69, 9.17) is 5.26 Å². The van der Waals surface area contributed by atoms with E-state index in [1.165, 1.54) is 17.7 Å². The highest BCUT2D eigenvalue weighted by molar-refractivity contribution is 5.48. The van der Waals surface area contributed by atoms with Crippen LogP contribution in [0.5, 0.6) is 0 Å². The summed E-state index contributed by atoms with van der Waals surface area (Å²) in [5.74, 6) is -0.510. The van der Waals surface area contributed by atoms with Crippen molar-refractivity contribution in [3.63, 3.8) is 0 Å². The molecule has 0 saturated heterocycles. The van der Waals surface area contributed by atoms with Gasteiger partial charge in [0, 0.05) is 11.9 Å². The number of aryl methyl sites for hydroxylation is 1. The van der Waals surface area contributed by atoms with Crippen LogP contribution in [0.4, 0.5) is 10.1 Å². The van der Waals surface area contributed by atoms with Crippen LogP contribution in [0.25, 0.3) is 0 Å². The molecule has 2 aromatic rings. The van der Waals surface area contributed by atoms with Crippen LogP contribution in [-0.2, 0) is 13.0 Å². The number of rotatable bonds is 4. The highest BCUT2D eigenvalue weighted by Gasteiger charge is 2.04. The lowest BCUT2D eigenvalue weighted by Crippen LogP contribution is -2.05. The second-order valence-corrected chi connectivity index (χ2v) is 4.12. The Morgan fingerprint density at radius 1 is 1.37 bits per heavy atom. The van der Waals surface area contributed by atoms with Crippen molar-refractivity contribution in [1.82, 2.24) is 4.98 Å². The van der Waals surface area contributed by atoms with Gasteiger partial charge >= 0.3 is 0 Å². The molecule has 1 N–H and O–H groups in total. The maximum Gasteiger partial charge on any atom is 0.143 e. The molecule has 0 saturated carbocycles. The van der Waals surface area contributed by atoms with Gasteiger partial charge in [0.2, 0.25) is 0 Å². The number of nitrogens with zero attached hydrogens (tertiary/aromatic N) is 2. The topological polar surface area (TPSA) is 48.7 Å². The number of nitrogens with one attached hydrogen (secondary N) is 1. The van der Waals surface area contributed by atoms with Crippen LogP contribution < -0.4 is 5.32 Å². The van der Waals surface area contributed by atoms with Crippen LogP contribution in [0, 0.1) is 17.1 Å². The van der Waals surface area contributed by atoms with Crippen molar-refractivity contribution in [1.29, 1.82) is 5.26 Å². The van der Waals surface area contributed by atoms with Gasteiger partial charge in [-0.05, 0) is 36.2 Å². The molecule has 96 valence electrons. The van der Waals surface area contributed by atoms with E-state index in [2.05, 4.69) is 17.2 Å². The summed E-state index contributed by atoms with van der Waals surface area (Å²) < 4.78 is 13.4. The van der Waals surface area contributed by atoms with Gasteiger partial charge in [-0.15, -0.1) is 0 Å². The molecule has 0 radical (unpaired) electrons. The SMILES string of the molecule is CCc1cccnc1CNc1ccc(C#N)c(F)c1. The first-order valence-electron chi connectivity index (χ1n) is 6.11. The normalized spacial score (nSPS) is 9.95. The number of nitriles is 1. The number of hydrogen-bond acceptors (Lipinski definition) is 3. The van der Waals surface area contributed by atoms with E-state index in [-0.39, 0.29) is 5.56 Å². The zero-order valence-electron chi connectivity index (χ0n) is 10.7. The van der Waals surface area contributed by atoms with E-state index in [1.54, 1.807) is 18.3 Å². The summed E-state index contributed by atoms with van der Waals surface area (Å²) in [7, 11) is 0. The lowest BCUT2D eigenvalue weighted by atomic mass is 10.1. The van der Waals surface area contributed by atoms with Crippen molar-refractivity contribution in [2.45, 2.75) is 19.9 Å². The monoisotopic (exact) mass is 255 g/mol. The van der Waals surface area contributed by atoms with Crippen molar-refractivity contribution in [3.05, 3.63) is 59.2 Å². The fourth-order valence-electron chi connectivity index (χ4n) is 1.85. The molecule has 0 atom stereocenters. The minimum Gasteiger partial charge on any atom is -0.379 e. The molecule has 0 aliphatic carbocycles. The maximum absolute atomic E-state index is 13.4. The van der Waals surface area contributed by atoms with Crippen LogP contribution in [-0.4, -0.2) is 4.98 Å². The zero-order valence-corrected chi connectivity index (χ0v) is 10.7. The van der Waals surface area contributed by atoms with E-state index < -0.39 is 5.82 Å². The molecule has 0 spiro atoms. The van der Waals surface area contributed by atoms with Crippen molar-refractivity contribution in [2.24, 2.45) is 0 Å². The van der Waals surface area contributed by atoms with Gasteiger partial charge in [-0.2, -0.15) is 5.26 Å². The summed E-state index contributed by atoms with van der Waals surface area (Å²) in [6.07, 6.45) is 2.65. The van der Waals surface area contributed by atoms with Crippen molar-refractivity contribution in [3.8, 4) is 6.07 Å². The van der Waals surface area contributed by atoms with Gasteiger partial charge in [0.25, 0.3) is 0 Å². The molecule has 19 heavy (non-hydrogen) atoms. The minimum absolute atomic E-state index is 0.0534. The molecule has 0 unspecified atom stereocenters. The largest absolute Gasteiger partial charge is 0.379 e. The predicted octanol–water partition coefficient (Wildman–Crippen LogP) is 3.27. The number of pyridine rings is 1. The highest BCUT2D eigenvalue weighted by Crippen LogP contribution is 2.15. The predicted molar refractivity (Wildman–Crippen MR) is 72.1 cm³/mol. The van der Waals surface area contributed by atoms with Gasteiger partial charge in [0.1, 0.15) is 11.9 Å². The Morgan fingerprint density at radius 3 is 2.89 bits per heavy atom. The average Bonchev–Trinajstić information content (AvgIpc) is 2.45. The summed E-state index contributed by atoms with van der Waals surface area (Å²) in [5, 5.41) is 11.8. The fraction of sp³-hybridized carbons (Fsp3) is 0.200. The molecule has 4 heteroatoms. The van der Waals surface area contributed by atoms with Gasteiger partial charge in [0.05, 0.1) is 17.8 Å². The molecule has 1 aromatic carbocycles. The molecule has 1 aromatic heterocycles. The molecule has 3 nitrogen and oxygen atoms in total. The van der Waals surface area contributed by atoms with Gasteiger partial charge in [-0.3, -0.25) is 4.98 Å². The fourth-order valence-corrected chi connectivity index (χ4v) is 1.85. The standard InChI is InChI=1S/C15H14FN3/c1-2-11-4-3-7-18-15(11)10-19-13-6-5-12(9-17)14(16)8-13/h3-8,19H,2,10H2,1H3. The summed E-state index contributed by atoms with van der Waals surface area (Å²) >= 11 is 0. The third kappa shape index (κ3) is 3.08. The first kappa shape index (κ1) is 13.0. The first-order chi connectivity index (χ1) is 9.24. The van der Waals surface area contributed by atoms with E-state index in [0.717, 1.165) is 12.1 Å². The Morgan fingerprint density at radius 2 is 2.21 bits per heavy atom. The van der Waals surface area contributed by atoms with Crippen molar-refractivity contribution >= 4 is 5.69 Å². The summed E-state index contributed by atoms with van der Waals surface area (Å²) in [6, 6.07) is 10.2. The van der Waals surface area contributed by atoms with E-state index in [0.29, 0.717) is 12.2 Å². The molecular weight excluding hydrogens is 241 g/mol. The molecular formula is C15H14FN3. The van der Waals surface area contributed by atoms with E-state index in [9.17, 15) is 4.39 Å². The smallest absolute Gasteiger partial charge is 0.143 e. The number of benzene rings is 1. The van der Waals surface area contributed by atoms with Crippen LogP contribution >= 0.6 is 0 Å². The zero-order chi connectivity index (χ0) is 13.7. The molecule has 0 amide bonds. The second kappa shape index (κ2) is 5.96. The highest BCUT2D eigenvalue weighted by atomic mass is 19.1. The van der Waals surface area contributed by atoms with Crippen molar-refractivity contribution < 1.29 is 4.39 Å². The van der Waals surface area contributed by atoms with E-state index in [1.807, 2.05) is 12.1 Å². The number of halogens is 1. The summed E-state index contributed by atoms with van der Waals surface area (Å²) in [6.45, 7) is 2.61. The minimum atomic E-state index is -0.510. The van der Waals surface area contributed by atoms with Crippen molar-refractivity contribution in [2.75, 3.05) is 5.32 Å². The van der Waals surface area contributed by atoms with Crippen LogP contribution in [0.2, 0.25) is 0 Å². The maximum atomic E-state index is 13.4. The number of anilines is 1. The first-order valence-corrected chi connectivity index (χ1v) is 6.11. The number of aromatic nitrogens is 1. The molecule has 0 fully saturated rings. The Kier molecular flexibility index (Phi) is 4.09. The Bertz CT molecular complexity index is 617. The lowest BCUT2D eigenvalue weighted by Gasteiger charge is -2.09. The molecule has 0 aliphatic rings. The van der Waals surface area contributed by atoms with Crippen LogP contribution in [0.1, 0.15) is 23.7 Å². The molecule has 0 bridgehead atoms. The van der Waals surface area contributed by atoms with Gasteiger partial charge < -0.3 is 5.32 Å². The summed E-state index contributed by atoms with van der Waals surface area (Å²) in [5.41, 5.74) is 2.82. The van der Waals surface area contributed by atoms with Gasteiger partial charge in [0.15, 0.2) is 0 Å². The Balaban J connectivity index is 2.11. The second-order valence-electron chi connectivity index (χ2n) is 4.12. The average molecular weight is 255 g/mol. The molecule has 1 heterocycles. The van der Waals surface area contributed by atoms with Gasteiger partial charge in [-0.1, -0.05) is 13.0 Å². The third-order valence-corrected chi connectivity index (χ3v) is 2.91. The third-order valence-electron chi connectivity index (χ3n) is 2.91. The van der Waals surface area contributed by atoms with Crippen LogP contribution in [0.15, 0.2) is 36.5 Å². The lowest BCUT2D eigenvalue weighted by molar-refractivity contribution is 0.624. The Labute approximate surface area is 111 Å². The summed E-state index contributed by atoms with van der Waals surface area (Å²) in [4.78, 5) is 4.31. The van der Waals surface area contributed by atoms with Gasteiger partial charge in [-0.25, -0.2) is 4.39 Å². The Hall–Kier alpha value is -2.41.